The largest absolute Gasteiger partial charge is 0.303 e. The molecule has 0 bridgehead atoms. The van der Waals surface area contributed by atoms with E-state index >= 15 is 0 Å². The first-order valence-electron chi connectivity index (χ1n) is 8.75. The van der Waals surface area contributed by atoms with Crippen molar-refractivity contribution in [2.24, 2.45) is 10.2 Å². The molecule has 1 atom stereocenters. The summed E-state index contributed by atoms with van der Waals surface area (Å²) in [5.74, 6) is -0.0524. The first-order chi connectivity index (χ1) is 12.8. The van der Waals surface area contributed by atoms with E-state index in [0.717, 1.165) is 11.1 Å². The molecule has 140 valence electrons. The zero-order chi connectivity index (χ0) is 19.4. The Hall–Kier alpha value is -2.11. The third-order valence-electron chi connectivity index (χ3n) is 4.22. The molecule has 2 aromatic rings. The highest BCUT2D eigenvalue weighted by atomic mass is 35.5. The van der Waals surface area contributed by atoms with Crippen LogP contribution < -0.4 is 5.32 Å². The predicted octanol–water partition coefficient (Wildman–Crippen LogP) is 4.80. The van der Waals surface area contributed by atoms with Gasteiger partial charge in [0.15, 0.2) is 5.17 Å². The molecule has 1 amide bonds. The standard InChI is InChI=1S/C21H22ClN3OS/c1-21(2,3)16-9-7-14(8-10-16)13-23-25-20-24-19(26)18(27-20)12-15-5-4-6-17(22)11-15/h4-11,13,18H,12H2,1-3H3,(H,24,25,26)/b23-13+. The maximum atomic E-state index is 12.1. The highest BCUT2D eigenvalue weighted by molar-refractivity contribution is 8.15. The van der Waals surface area contributed by atoms with E-state index in [9.17, 15) is 4.79 Å². The van der Waals surface area contributed by atoms with Gasteiger partial charge in [-0.1, -0.05) is 80.5 Å². The summed E-state index contributed by atoms with van der Waals surface area (Å²) in [6.45, 7) is 6.55. The third-order valence-corrected chi connectivity index (χ3v) is 5.53. The highest BCUT2D eigenvalue weighted by Crippen LogP contribution is 2.25. The molecule has 2 aromatic carbocycles. The van der Waals surface area contributed by atoms with Gasteiger partial charge in [-0.15, -0.1) is 5.10 Å². The predicted molar refractivity (Wildman–Crippen MR) is 115 cm³/mol. The highest BCUT2D eigenvalue weighted by Gasteiger charge is 2.30. The van der Waals surface area contributed by atoms with E-state index in [0.29, 0.717) is 16.6 Å². The molecule has 3 rings (SSSR count). The lowest BCUT2D eigenvalue weighted by Gasteiger charge is -2.18. The Labute approximate surface area is 169 Å². The van der Waals surface area contributed by atoms with Crippen molar-refractivity contribution in [1.29, 1.82) is 0 Å². The van der Waals surface area contributed by atoms with Gasteiger partial charge >= 0.3 is 0 Å². The van der Waals surface area contributed by atoms with Crippen LogP contribution in [0.5, 0.6) is 0 Å². The molecule has 0 spiro atoms. The molecule has 1 aliphatic heterocycles. The average Bonchev–Trinajstić information content (AvgIpc) is 2.94. The van der Waals surface area contributed by atoms with Gasteiger partial charge in [0.05, 0.1) is 11.5 Å². The van der Waals surface area contributed by atoms with Crippen molar-refractivity contribution in [3.8, 4) is 0 Å². The molecule has 0 radical (unpaired) electrons. The summed E-state index contributed by atoms with van der Waals surface area (Å²) in [6, 6.07) is 15.8. The molecule has 1 unspecified atom stereocenters. The number of amidine groups is 1. The summed E-state index contributed by atoms with van der Waals surface area (Å²) in [7, 11) is 0. The molecule has 1 aliphatic rings. The minimum Gasteiger partial charge on any atom is -0.303 e. The van der Waals surface area contributed by atoms with E-state index in [1.54, 1.807) is 6.21 Å². The molecule has 0 aromatic heterocycles. The van der Waals surface area contributed by atoms with Crippen LogP contribution in [0.2, 0.25) is 5.02 Å². The summed E-state index contributed by atoms with van der Waals surface area (Å²) in [5, 5.41) is 12.0. The summed E-state index contributed by atoms with van der Waals surface area (Å²) < 4.78 is 0. The Balaban J connectivity index is 1.61. The monoisotopic (exact) mass is 399 g/mol. The minimum absolute atomic E-state index is 0.0524. The van der Waals surface area contributed by atoms with Gasteiger partial charge in [0.1, 0.15) is 0 Å². The quantitative estimate of drug-likeness (QED) is 0.593. The Bertz CT molecular complexity index is 885. The maximum absolute atomic E-state index is 12.1. The molecular formula is C21H22ClN3OS. The van der Waals surface area contributed by atoms with E-state index in [-0.39, 0.29) is 16.6 Å². The van der Waals surface area contributed by atoms with Crippen molar-refractivity contribution < 1.29 is 4.79 Å². The number of hydrogen-bond acceptors (Lipinski definition) is 4. The molecule has 1 fully saturated rings. The van der Waals surface area contributed by atoms with Gasteiger partial charge < -0.3 is 5.32 Å². The summed E-state index contributed by atoms with van der Waals surface area (Å²) in [6.07, 6.45) is 2.30. The lowest BCUT2D eigenvalue weighted by atomic mass is 9.87. The fraction of sp³-hybridized carbons (Fsp3) is 0.286. The summed E-state index contributed by atoms with van der Waals surface area (Å²) in [4.78, 5) is 12.1. The Kier molecular flexibility index (Phi) is 6.02. The number of nitrogens with zero attached hydrogens (tertiary/aromatic N) is 2. The molecule has 0 saturated carbocycles. The normalized spacial score (nSPS) is 19.0. The second-order valence-corrected chi connectivity index (χ2v) is 9.08. The van der Waals surface area contributed by atoms with Crippen molar-refractivity contribution in [2.75, 3.05) is 0 Å². The second kappa shape index (κ2) is 8.28. The van der Waals surface area contributed by atoms with Crippen molar-refractivity contribution in [1.82, 2.24) is 5.32 Å². The van der Waals surface area contributed by atoms with Crippen molar-refractivity contribution >= 4 is 40.7 Å². The van der Waals surface area contributed by atoms with Crippen LogP contribution in [0.3, 0.4) is 0 Å². The van der Waals surface area contributed by atoms with Crippen LogP contribution in [0.4, 0.5) is 0 Å². The van der Waals surface area contributed by atoms with Crippen molar-refractivity contribution in [3.05, 3.63) is 70.2 Å². The second-order valence-electron chi connectivity index (χ2n) is 7.45. The lowest BCUT2D eigenvalue weighted by Crippen LogP contribution is -2.25. The molecule has 6 heteroatoms. The van der Waals surface area contributed by atoms with E-state index in [1.807, 2.05) is 36.4 Å². The van der Waals surface area contributed by atoms with Gasteiger partial charge in [-0.3, -0.25) is 4.79 Å². The molecule has 1 N–H and O–H groups in total. The van der Waals surface area contributed by atoms with Crippen LogP contribution in [0.25, 0.3) is 0 Å². The van der Waals surface area contributed by atoms with Crippen LogP contribution in [-0.4, -0.2) is 22.5 Å². The SMILES string of the molecule is CC(C)(C)c1ccc(/C=N/N=C2\NC(=O)C(Cc3cccc(Cl)c3)S2)cc1. The number of carbonyl (C=O) groups excluding carboxylic acids is 1. The average molecular weight is 400 g/mol. The molecule has 1 saturated heterocycles. The molecule has 27 heavy (non-hydrogen) atoms. The fourth-order valence-electron chi connectivity index (χ4n) is 2.68. The molecular weight excluding hydrogens is 378 g/mol. The summed E-state index contributed by atoms with van der Waals surface area (Å²) in [5.41, 5.74) is 3.39. The number of carbonyl (C=O) groups is 1. The Morgan fingerprint density at radius 3 is 2.59 bits per heavy atom. The summed E-state index contributed by atoms with van der Waals surface area (Å²) >= 11 is 7.40. The van der Waals surface area contributed by atoms with Gasteiger partial charge in [0.25, 0.3) is 0 Å². The fourth-order valence-corrected chi connectivity index (χ4v) is 3.86. The van der Waals surface area contributed by atoms with Gasteiger partial charge in [0, 0.05) is 5.02 Å². The molecule has 0 aliphatic carbocycles. The van der Waals surface area contributed by atoms with Gasteiger partial charge in [-0.2, -0.15) is 5.10 Å². The van der Waals surface area contributed by atoms with Crippen LogP contribution in [-0.2, 0) is 16.6 Å². The third kappa shape index (κ3) is 5.44. The lowest BCUT2D eigenvalue weighted by molar-refractivity contribution is -0.118. The van der Waals surface area contributed by atoms with Crippen LogP contribution >= 0.6 is 23.4 Å². The number of nitrogens with one attached hydrogen (secondary N) is 1. The van der Waals surface area contributed by atoms with Gasteiger partial charge in [0.2, 0.25) is 5.91 Å². The van der Waals surface area contributed by atoms with Gasteiger partial charge in [-0.25, -0.2) is 0 Å². The Morgan fingerprint density at radius 1 is 1.19 bits per heavy atom. The van der Waals surface area contributed by atoms with Crippen molar-refractivity contribution in [3.63, 3.8) is 0 Å². The van der Waals surface area contributed by atoms with E-state index < -0.39 is 0 Å². The number of halogens is 1. The van der Waals surface area contributed by atoms with Crippen LogP contribution in [0.1, 0.15) is 37.5 Å². The zero-order valence-electron chi connectivity index (χ0n) is 15.6. The van der Waals surface area contributed by atoms with Crippen LogP contribution in [0.15, 0.2) is 58.7 Å². The number of amides is 1. The van der Waals surface area contributed by atoms with Crippen LogP contribution in [0, 0.1) is 0 Å². The minimum atomic E-state index is -0.219. The molecule has 4 nitrogen and oxygen atoms in total. The first-order valence-corrected chi connectivity index (χ1v) is 10.0. The number of thioether (sulfide) groups is 1. The van der Waals surface area contributed by atoms with E-state index in [2.05, 4.69) is 48.4 Å². The number of hydrogen-bond donors (Lipinski definition) is 1. The first kappa shape index (κ1) is 19.6. The maximum Gasteiger partial charge on any atom is 0.239 e. The number of rotatable bonds is 4. The Morgan fingerprint density at radius 2 is 1.93 bits per heavy atom. The molecule has 1 heterocycles. The topological polar surface area (TPSA) is 53.8 Å². The van der Waals surface area contributed by atoms with Crippen molar-refractivity contribution in [2.45, 2.75) is 37.9 Å². The zero-order valence-corrected chi connectivity index (χ0v) is 17.1. The van der Waals surface area contributed by atoms with E-state index in [4.69, 9.17) is 11.6 Å². The van der Waals surface area contributed by atoms with E-state index in [1.165, 1.54) is 17.3 Å². The smallest absolute Gasteiger partial charge is 0.239 e. The van der Waals surface area contributed by atoms with Gasteiger partial charge in [-0.05, 0) is 40.7 Å². The number of benzene rings is 2.